The van der Waals surface area contributed by atoms with Crippen LogP contribution in [0.15, 0.2) is 24.3 Å². The molecule has 0 unspecified atom stereocenters. The predicted molar refractivity (Wildman–Crippen MR) is 58.7 cm³/mol. The molecule has 1 aromatic carbocycles. The van der Waals surface area contributed by atoms with Crippen molar-refractivity contribution in [3.63, 3.8) is 0 Å². The van der Waals surface area contributed by atoms with E-state index in [1.165, 1.54) is 13.8 Å². The average molecular weight is 207 g/mol. The predicted octanol–water partition coefficient (Wildman–Crippen LogP) is 3.09. The summed E-state index contributed by atoms with van der Waals surface area (Å²) in [5.74, 6) is 0.193. The van der Waals surface area contributed by atoms with E-state index in [1.54, 1.807) is 29.8 Å². The third kappa shape index (κ3) is 1.48. The van der Waals surface area contributed by atoms with Crippen LogP contribution in [0.5, 0.6) is 5.75 Å². The summed E-state index contributed by atoms with van der Waals surface area (Å²) < 4.78 is 15.6. The van der Waals surface area contributed by atoms with Crippen LogP contribution in [0.3, 0.4) is 0 Å². The third-order valence-corrected chi connectivity index (χ3v) is 2.67. The summed E-state index contributed by atoms with van der Waals surface area (Å²) in [5.41, 5.74) is 0.00921. The number of phenolic OH excluding ortho intramolecular Hbond substituents is 1. The first-order valence-corrected chi connectivity index (χ1v) is 4.88. The molecule has 0 aliphatic rings. The van der Waals surface area contributed by atoms with Gasteiger partial charge < -0.3 is 9.67 Å². The van der Waals surface area contributed by atoms with E-state index in [1.807, 2.05) is 6.07 Å². The van der Waals surface area contributed by atoms with E-state index in [2.05, 4.69) is 0 Å². The molecule has 0 atom stereocenters. The van der Waals surface area contributed by atoms with E-state index >= 15 is 0 Å². The molecule has 1 heterocycles. The smallest absolute Gasteiger partial charge is 0.145 e. The van der Waals surface area contributed by atoms with Gasteiger partial charge in [0.1, 0.15) is 11.4 Å². The number of nitrogens with zero attached hydrogens (tertiary/aromatic N) is 1. The van der Waals surface area contributed by atoms with Crippen molar-refractivity contribution in [2.75, 3.05) is 0 Å². The molecule has 1 aromatic heterocycles. The van der Waals surface area contributed by atoms with E-state index in [4.69, 9.17) is 0 Å². The Kier molecular flexibility index (Phi) is 2.00. The molecule has 0 amide bonds. The van der Waals surface area contributed by atoms with Gasteiger partial charge in [-0.3, -0.25) is 0 Å². The van der Waals surface area contributed by atoms with Gasteiger partial charge in [-0.05, 0) is 32.0 Å². The van der Waals surface area contributed by atoms with Gasteiger partial charge in [-0.15, -0.1) is 0 Å². The zero-order valence-corrected chi connectivity index (χ0v) is 9.08. The van der Waals surface area contributed by atoms with Crippen LogP contribution in [0.4, 0.5) is 4.39 Å². The second-order valence-electron chi connectivity index (χ2n) is 4.27. The molecule has 2 aromatic rings. The largest absolute Gasteiger partial charge is 0.507 e. The van der Waals surface area contributed by atoms with Crippen LogP contribution in [-0.4, -0.2) is 9.67 Å². The van der Waals surface area contributed by atoms with E-state index in [-0.39, 0.29) is 5.75 Å². The number of alkyl halides is 1. The standard InChI is InChI=1S/C12H14FNO/c1-12(2,13)11-7-8-9(14(11)3)5-4-6-10(8)15/h4-7,15H,1-3H3. The molecule has 0 aliphatic heterocycles. The van der Waals surface area contributed by atoms with Gasteiger partial charge in [0.2, 0.25) is 0 Å². The number of fused-ring (bicyclic) bond motifs is 1. The Morgan fingerprint density at radius 1 is 1.33 bits per heavy atom. The minimum Gasteiger partial charge on any atom is -0.507 e. The summed E-state index contributed by atoms with van der Waals surface area (Å²) in [5, 5.41) is 10.3. The first kappa shape index (κ1) is 10.0. The molecule has 80 valence electrons. The Morgan fingerprint density at radius 2 is 2.00 bits per heavy atom. The maximum Gasteiger partial charge on any atom is 0.145 e. The highest BCUT2D eigenvalue weighted by molar-refractivity contribution is 5.87. The van der Waals surface area contributed by atoms with Gasteiger partial charge in [0.25, 0.3) is 0 Å². The molecular formula is C12H14FNO. The van der Waals surface area contributed by atoms with Gasteiger partial charge in [0, 0.05) is 12.4 Å². The fraction of sp³-hybridized carbons (Fsp3) is 0.333. The maximum atomic E-state index is 13.8. The lowest BCUT2D eigenvalue weighted by Gasteiger charge is -2.15. The van der Waals surface area contributed by atoms with Crippen LogP contribution in [0, 0.1) is 0 Å². The fourth-order valence-corrected chi connectivity index (χ4v) is 1.92. The number of aryl methyl sites for hydroxylation is 1. The van der Waals surface area contributed by atoms with Crippen molar-refractivity contribution in [3.8, 4) is 5.75 Å². The minimum atomic E-state index is -1.40. The summed E-state index contributed by atoms with van der Waals surface area (Å²) in [6, 6.07) is 6.93. The number of benzene rings is 1. The molecule has 0 saturated heterocycles. The molecule has 0 spiro atoms. The number of hydrogen-bond acceptors (Lipinski definition) is 1. The summed E-state index contributed by atoms with van der Waals surface area (Å²) in [7, 11) is 1.80. The number of aromatic hydroxyl groups is 1. The van der Waals surface area contributed by atoms with Crippen molar-refractivity contribution in [1.82, 2.24) is 4.57 Å². The quantitative estimate of drug-likeness (QED) is 0.763. The molecule has 0 aliphatic carbocycles. The zero-order valence-electron chi connectivity index (χ0n) is 9.08. The maximum absolute atomic E-state index is 13.8. The van der Waals surface area contributed by atoms with E-state index in [9.17, 15) is 9.50 Å². The molecule has 2 nitrogen and oxygen atoms in total. The molecule has 2 rings (SSSR count). The number of halogens is 1. The summed E-state index contributed by atoms with van der Waals surface area (Å²) in [6.45, 7) is 3.02. The highest BCUT2D eigenvalue weighted by Crippen LogP contribution is 2.33. The Labute approximate surface area is 88.0 Å². The molecule has 0 fully saturated rings. The second kappa shape index (κ2) is 2.99. The number of phenols is 1. The lowest BCUT2D eigenvalue weighted by Crippen LogP contribution is -2.13. The van der Waals surface area contributed by atoms with Gasteiger partial charge in [0.15, 0.2) is 0 Å². The van der Waals surface area contributed by atoms with E-state index in [0.29, 0.717) is 11.1 Å². The Balaban J connectivity index is 2.81. The average Bonchev–Trinajstić information content (AvgIpc) is 2.45. The fourth-order valence-electron chi connectivity index (χ4n) is 1.92. The molecule has 15 heavy (non-hydrogen) atoms. The van der Waals surface area contributed by atoms with Crippen molar-refractivity contribution >= 4 is 10.9 Å². The van der Waals surface area contributed by atoms with Gasteiger partial charge in [-0.2, -0.15) is 0 Å². The van der Waals surface area contributed by atoms with E-state index < -0.39 is 5.67 Å². The van der Waals surface area contributed by atoms with Crippen molar-refractivity contribution in [1.29, 1.82) is 0 Å². The minimum absolute atomic E-state index is 0.193. The van der Waals surface area contributed by atoms with Crippen LogP contribution in [-0.2, 0) is 12.7 Å². The topological polar surface area (TPSA) is 25.2 Å². The SMILES string of the molecule is Cn1c(C(C)(C)F)cc2c(O)cccc21. The lowest BCUT2D eigenvalue weighted by molar-refractivity contribution is 0.209. The molecule has 3 heteroatoms. The van der Waals surface area contributed by atoms with Gasteiger partial charge in [-0.25, -0.2) is 4.39 Å². The van der Waals surface area contributed by atoms with E-state index in [0.717, 1.165) is 5.52 Å². The second-order valence-corrected chi connectivity index (χ2v) is 4.27. The monoisotopic (exact) mass is 207 g/mol. The summed E-state index contributed by atoms with van der Waals surface area (Å²) >= 11 is 0. The van der Waals surface area contributed by atoms with Crippen molar-refractivity contribution in [2.45, 2.75) is 19.5 Å². The van der Waals surface area contributed by atoms with Crippen LogP contribution in [0.2, 0.25) is 0 Å². The highest BCUT2D eigenvalue weighted by atomic mass is 19.1. The Bertz CT molecular complexity index is 508. The van der Waals surface area contributed by atoms with Crippen molar-refractivity contribution in [3.05, 3.63) is 30.0 Å². The number of aromatic nitrogens is 1. The van der Waals surface area contributed by atoms with Crippen molar-refractivity contribution < 1.29 is 9.50 Å². The Morgan fingerprint density at radius 3 is 2.53 bits per heavy atom. The first-order chi connectivity index (χ1) is 6.91. The Hall–Kier alpha value is -1.51. The normalized spacial score (nSPS) is 12.3. The van der Waals surface area contributed by atoms with Crippen LogP contribution in [0.1, 0.15) is 19.5 Å². The summed E-state index contributed by atoms with van der Waals surface area (Å²) in [6.07, 6.45) is 0. The third-order valence-electron chi connectivity index (χ3n) is 2.67. The highest BCUT2D eigenvalue weighted by Gasteiger charge is 2.24. The van der Waals surface area contributed by atoms with Crippen LogP contribution in [0.25, 0.3) is 10.9 Å². The van der Waals surface area contributed by atoms with Gasteiger partial charge >= 0.3 is 0 Å². The van der Waals surface area contributed by atoms with Crippen LogP contribution < -0.4 is 0 Å². The number of rotatable bonds is 1. The molecular weight excluding hydrogens is 193 g/mol. The van der Waals surface area contributed by atoms with Crippen LogP contribution >= 0.6 is 0 Å². The lowest BCUT2D eigenvalue weighted by atomic mass is 10.1. The van der Waals surface area contributed by atoms with Crippen molar-refractivity contribution in [2.24, 2.45) is 7.05 Å². The van der Waals surface area contributed by atoms with Gasteiger partial charge in [0.05, 0.1) is 11.2 Å². The molecule has 1 N–H and O–H groups in total. The zero-order chi connectivity index (χ0) is 11.2. The molecule has 0 saturated carbocycles. The molecule has 0 bridgehead atoms. The first-order valence-electron chi connectivity index (χ1n) is 4.88. The molecule has 0 radical (unpaired) electrons. The van der Waals surface area contributed by atoms with Gasteiger partial charge in [-0.1, -0.05) is 6.07 Å². The summed E-state index contributed by atoms with van der Waals surface area (Å²) in [4.78, 5) is 0. The number of hydrogen-bond donors (Lipinski definition) is 1.